The Morgan fingerprint density at radius 1 is 0.627 bits per heavy atom. The van der Waals surface area contributed by atoms with Gasteiger partial charge in [-0.3, -0.25) is 23.4 Å². The van der Waals surface area contributed by atoms with Crippen LogP contribution in [0.15, 0.2) is 85.1 Å². The van der Waals surface area contributed by atoms with Crippen molar-refractivity contribution in [2.24, 2.45) is 5.73 Å². The van der Waals surface area contributed by atoms with Gasteiger partial charge in [0.15, 0.2) is 6.10 Å². The Bertz CT molecular complexity index is 1390. The summed E-state index contributed by atoms with van der Waals surface area (Å²) in [6.07, 6.45) is 46.7. The number of ether oxygens (including phenoxy) is 3. The fourth-order valence-corrected chi connectivity index (χ4v) is 6.27. The van der Waals surface area contributed by atoms with Crippen LogP contribution in [0.5, 0.6) is 0 Å². The van der Waals surface area contributed by atoms with Gasteiger partial charge in [0.1, 0.15) is 12.6 Å². The molecule has 0 saturated carbocycles. The van der Waals surface area contributed by atoms with E-state index < -0.39 is 57.7 Å². The fraction of sp³-hybridized carbons (Fsp3) is 0.630. The molecule has 0 aromatic rings. The Kier molecular flexibility index (Phi) is 33.2. The van der Waals surface area contributed by atoms with Gasteiger partial charge in [0.2, 0.25) is 0 Å². The van der Waals surface area contributed by atoms with Crippen molar-refractivity contribution in [2.75, 3.05) is 19.8 Å². The lowest BCUT2D eigenvalue weighted by Crippen LogP contribution is -2.34. The third-order valence-corrected chi connectivity index (χ3v) is 9.99. The second-order valence-electron chi connectivity index (χ2n) is 14.5. The van der Waals surface area contributed by atoms with Crippen molar-refractivity contribution < 1.29 is 52.2 Å². The van der Waals surface area contributed by atoms with Gasteiger partial charge in [0.05, 0.1) is 25.4 Å². The smallest absolute Gasteiger partial charge is 0.472 e. The summed E-state index contributed by atoms with van der Waals surface area (Å²) in [5, 5.41) is 8.90. The molecule has 1 rings (SSSR count). The van der Waals surface area contributed by atoms with E-state index >= 15 is 0 Å². The Hall–Kier alpha value is -3.38. The van der Waals surface area contributed by atoms with E-state index in [1.807, 2.05) is 12.2 Å². The highest BCUT2D eigenvalue weighted by molar-refractivity contribution is 7.47. The SMILES string of the molecule is CCCCC/C=C\C/C=C\C/C=C\C/C=C\CCCC(=O)O[C@H](COC(=O)CCCC1OC1C/C=C\C/C=C\C/C=C\CCCCC)COP(=O)(O)OC[C@H](N)C(=O)O. The number of rotatable bonds is 38. The Morgan fingerprint density at radius 3 is 1.63 bits per heavy atom. The molecule has 0 spiro atoms. The highest BCUT2D eigenvalue weighted by atomic mass is 31.2. The third-order valence-electron chi connectivity index (χ3n) is 9.04. The molecule has 59 heavy (non-hydrogen) atoms. The van der Waals surface area contributed by atoms with E-state index in [2.05, 4.69) is 91.3 Å². The van der Waals surface area contributed by atoms with Gasteiger partial charge in [-0.05, 0) is 89.9 Å². The lowest BCUT2D eigenvalue weighted by Gasteiger charge is -2.20. The monoisotopic (exact) mass is 847 g/mol. The van der Waals surface area contributed by atoms with Gasteiger partial charge < -0.3 is 29.9 Å². The normalized spacial score (nSPS) is 18.0. The molecule has 0 aromatic heterocycles. The van der Waals surface area contributed by atoms with E-state index in [4.69, 9.17) is 29.6 Å². The van der Waals surface area contributed by atoms with Gasteiger partial charge >= 0.3 is 25.7 Å². The van der Waals surface area contributed by atoms with Crippen LogP contribution in [-0.2, 0) is 42.2 Å². The molecule has 0 radical (unpaired) electrons. The van der Waals surface area contributed by atoms with Crippen molar-refractivity contribution in [3.05, 3.63) is 85.1 Å². The molecule has 3 unspecified atom stereocenters. The minimum Gasteiger partial charge on any atom is -0.480 e. The second kappa shape index (κ2) is 36.5. The molecule has 0 aliphatic carbocycles. The van der Waals surface area contributed by atoms with Crippen LogP contribution in [0.1, 0.15) is 142 Å². The van der Waals surface area contributed by atoms with Gasteiger partial charge in [-0.1, -0.05) is 125 Å². The first-order valence-electron chi connectivity index (χ1n) is 21.7. The number of carbonyl (C=O) groups is 3. The molecule has 4 N–H and O–H groups in total. The van der Waals surface area contributed by atoms with E-state index in [0.717, 1.165) is 51.4 Å². The minimum atomic E-state index is -4.76. The second-order valence-corrected chi connectivity index (χ2v) is 16.0. The zero-order valence-corrected chi connectivity index (χ0v) is 36.6. The van der Waals surface area contributed by atoms with E-state index in [1.165, 1.54) is 38.5 Å². The summed E-state index contributed by atoms with van der Waals surface area (Å²) in [4.78, 5) is 46.1. The molecule has 0 aromatic carbocycles. The quantitative estimate of drug-likeness (QED) is 0.0176. The number of phosphoric acid groups is 1. The topological polar surface area (TPSA) is 184 Å². The standard InChI is InChI=1S/C46H74NO11P/c1-3-5-7-9-11-13-15-17-18-19-20-21-23-25-27-29-31-35-45(49)57-40(38-55-59(52,53)56-39-41(47)46(50)51)37-54-44(48)36-32-34-43-42(58-43)33-30-28-26-24-22-16-14-12-10-8-6-4-2/h11-14,17-18,20-22,24-25,27-28,30,40-43H,3-10,15-16,19,23,26,29,31-39,47H2,1-2H3,(H,50,51)(H,52,53)/b13-11-,14-12-,18-17-,21-20-,24-22-,27-25-,30-28-/t40-,41+,42?,43?/m1/s1. The van der Waals surface area contributed by atoms with Gasteiger partial charge in [-0.25, -0.2) is 4.57 Å². The number of carbonyl (C=O) groups excluding carboxylic acids is 2. The zero-order chi connectivity index (χ0) is 43.2. The first kappa shape index (κ1) is 53.6. The number of esters is 2. The molecule has 1 aliphatic heterocycles. The number of carboxylic acid groups (broad SMARTS) is 1. The zero-order valence-electron chi connectivity index (χ0n) is 35.7. The summed E-state index contributed by atoms with van der Waals surface area (Å²) in [6, 6.07) is -1.55. The lowest BCUT2D eigenvalue weighted by molar-refractivity contribution is -0.161. The maximum absolute atomic E-state index is 12.6. The van der Waals surface area contributed by atoms with Crippen molar-refractivity contribution in [3.8, 4) is 0 Å². The molecule has 5 atom stereocenters. The number of aliphatic carboxylic acids is 1. The highest BCUT2D eigenvalue weighted by Crippen LogP contribution is 2.43. The number of hydrogen-bond donors (Lipinski definition) is 3. The molecule has 1 aliphatic rings. The van der Waals surface area contributed by atoms with Crippen LogP contribution < -0.4 is 5.73 Å². The van der Waals surface area contributed by atoms with E-state index in [1.54, 1.807) is 0 Å². The number of hydrogen-bond acceptors (Lipinski definition) is 10. The Labute approximate surface area is 354 Å². The predicted molar refractivity (Wildman–Crippen MR) is 235 cm³/mol. The molecular weight excluding hydrogens is 773 g/mol. The highest BCUT2D eigenvalue weighted by Gasteiger charge is 2.36. The van der Waals surface area contributed by atoms with Crippen LogP contribution >= 0.6 is 7.82 Å². The van der Waals surface area contributed by atoms with Crippen LogP contribution in [-0.4, -0.2) is 72.1 Å². The molecule has 13 heteroatoms. The van der Waals surface area contributed by atoms with Crippen LogP contribution in [0.4, 0.5) is 0 Å². The minimum absolute atomic E-state index is 0.0640. The first-order chi connectivity index (χ1) is 28.6. The van der Waals surface area contributed by atoms with Crippen molar-refractivity contribution in [3.63, 3.8) is 0 Å². The van der Waals surface area contributed by atoms with Crippen LogP contribution in [0.2, 0.25) is 0 Å². The van der Waals surface area contributed by atoms with Gasteiger partial charge in [0.25, 0.3) is 0 Å². The molecule has 1 fully saturated rings. The summed E-state index contributed by atoms with van der Waals surface area (Å²) in [5.74, 6) is -2.55. The average molecular weight is 848 g/mol. The van der Waals surface area contributed by atoms with Crippen molar-refractivity contribution in [1.29, 1.82) is 0 Å². The number of epoxide rings is 1. The Balaban J connectivity index is 2.40. The summed E-state index contributed by atoms with van der Waals surface area (Å²) in [7, 11) is -4.76. The largest absolute Gasteiger partial charge is 0.480 e. The van der Waals surface area contributed by atoms with E-state index in [-0.39, 0.29) is 25.0 Å². The third kappa shape index (κ3) is 34.1. The van der Waals surface area contributed by atoms with E-state index in [0.29, 0.717) is 25.7 Å². The van der Waals surface area contributed by atoms with Crippen molar-refractivity contribution in [2.45, 2.75) is 167 Å². The number of phosphoric ester groups is 1. The fourth-order valence-electron chi connectivity index (χ4n) is 5.50. The molecule has 0 amide bonds. The first-order valence-corrected chi connectivity index (χ1v) is 23.2. The summed E-state index contributed by atoms with van der Waals surface area (Å²) >= 11 is 0. The summed E-state index contributed by atoms with van der Waals surface area (Å²) in [5.41, 5.74) is 5.33. The molecule has 12 nitrogen and oxygen atoms in total. The molecule has 0 bridgehead atoms. The van der Waals surface area contributed by atoms with Crippen LogP contribution in [0.25, 0.3) is 0 Å². The summed E-state index contributed by atoms with van der Waals surface area (Å²) in [6.45, 7) is 2.59. The number of unbranched alkanes of at least 4 members (excludes halogenated alkanes) is 7. The molecule has 1 saturated heterocycles. The molecule has 1 heterocycles. The summed E-state index contributed by atoms with van der Waals surface area (Å²) < 4.78 is 38.4. The molecular formula is C46H74NO11P. The predicted octanol–water partition coefficient (Wildman–Crippen LogP) is 10.5. The number of allylic oxidation sites excluding steroid dienone is 13. The maximum atomic E-state index is 12.6. The van der Waals surface area contributed by atoms with E-state index in [9.17, 15) is 23.8 Å². The van der Waals surface area contributed by atoms with Gasteiger partial charge in [-0.2, -0.15) is 0 Å². The maximum Gasteiger partial charge on any atom is 0.472 e. The average Bonchev–Trinajstić information content (AvgIpc) is 3.97. The lowest BCUT2D eigenvalue weighted by atomic mass is 10.1. The number of carboxylic acids is 1. The van der Waals surface area contributed by atoms with Crippen molar-refractivity contribution >= 4 is 25.7 Å². The number of nitrogens with two attached hydrogens (primary N) is 1. The van der Waals surface area contributed by atoms with Crippen LogP contribution in [0, 0.1) is 0 Å². The van der Waals surface area contributed by atoms with Crippen LogP contribution in [0.3, 0.4) is 0 Å². The Morgan fingerprint density at radius 2 is 1.10 bits per heavy atom. The van der Waals surface area contributed by atoms with Gasteiger partial charge in [0, 0.05) is 12.8 Å². The van der Waals surface area contributed by atoms with Gasteiger partial charge in [-0.15, -0.1) is 0 Å². The molecule has 334 valence electrons. The van der Waals surface area contributed by atoms with Crippen molar-refractivity contribution in [1.82, 2.24) is 0 Å².